The van der Waals surface area contributed by atoms with Gasteiger partial charge in [-0.05, 0) is 19.5 Å². The first-order valence-electron chi connectivity index (χ1n) is 4.32. The molecule has 1 atom stereocenters. The smallest absolute Gasteiger partial charge is 0.156 e. The van der Waals surface area contributed by atoms with Gasteiger partial charge in [0.2, 0.25) is 0 Å². The van der Waals surface area contributed by atoms with E-state index in [0.717, 1.165) is 12.1 Å². The van der Waals surface area contributed by atoms with Crippen LogP contribution in [0.5, 0.6) is 0 Å². The number of aromatic nitrogens is 2. The van der Waals surface area contributed by atoms with E-state index in [1.54, 1.807) is 13.3 Å². The minimum atomic E-state index is -0.0577. The van der Waals surface area contributed by atoms with Gasteiger partial charge in [0.1, 0.15) is 6.10 Å². The minimum absolute atomic E-state index is 0.0577. The zero-order valence-corrected chi connectivity index (χ0v) is 8.03. The number of methoxy groups -OCH3 is 1. The van der Waals surface area contributed by atoms with E-state index in [2.05, 4.69) is 9.97 Å². The quantitative estimate of drug-likeness (QED) is 0.742. The van der Waals surface area contributed by atoms with Crippen LogP contribution in [0.1, 0.15) is 24.5 Å². The van der Waals surface area contributed by atoms with Crippen LogP contribution in [0.2, 0.25) is 0 Å². The molecule has 0 spiro atoms. The average Bonchev–Trinajstić information content (AvgIpc) is 2.18. The molecule has 1 aromatic heterocycles. The second-order valence-corrected chi connectivity index (χ2v) is 2.82. The van der Waals surface area contributed by atoms with E-state index in [-0.39, 0.29) is 6.10 Å². The maximum absolute atomic E-state index is 5.43. The van der Waals surface area contributed by atoms with Gasteiger partial charge in [0.05, 0.1) is 0 Å². The number of nitrogens with two attached hydrogens (primary N) is 1. The lowest BCUT2D eigenvalue weighted by Gasteiger charge is -2.08. The van der Waals surface area contributed by atoms with Crippen molar-refractivity contribution in [1.82, 2.24) is 9.97 Å². The van der Waals surface area contributed by atoms with Crippen molar-refractivity contribution in [1.29, 1.82) is 0 Å². The van der Waals surface area contributed by atoms with Crippen molar-refractivity contribution in [3.05, 3.63) is 23.8 Å². The Kier molecular flexibility index (Phi) is 3.79. The molecule has 72 valence electrons. The van der Waals surface area contributed by atoms with E-state index >= 15 is 0 Å². The normalized spacial score (nSPS) is 12.8. The van der Waals surface area contributed by atoms with Gasteiger partial charge >= 0.3 is 0 Å². The second kappa shape index (κ2) is 4.89. The summed E-state index contributed by atoms with van der Waals surface area (Å²) in [5.74, 6) is 0.716. The molecule has 0 fully saturated rings. The van der Waals surface area contributed by atoms with Crippen molar-refractivity contribution in [3.63, 3.8) is 0 Å². The Balaban J connectivity index is 2.78. The van der Waals surface area contributed by atoms with Gasteiger partial charge in [-0.15, -0.1) is 0 Å². The molecule has 0 aliphatic rings. The predicted octanol–water partition coefficient (Wildman–Crippen LogP) is 0.685. The molecule has 0 saturated carbocycles. The van der Waals surface area contributed by atoms with Gasteiger partial charge in [-0.1, -0.05) is 0 Å². The van der Waals surface area contributed by atoms with Gasteiger partial charge in [0.15, 0.2) is 5.82 Å². The number of rotatable bonds is 4. The third-order valence-corrected chi connectivity index (χ3v) is 1.85. The van der Waals surface area contributed by atoms with E-state index in [4.69, 9.17) is 10.5 Å². The highest BCUT2D eigenvalue weighted by Gasteiger charge is 2.06. The summed E-state index contributed by atoms with van der Waals surface area (Å²) in [5, 5.41) is 0. The maximum atomic E-state index is 5.43. The summed E-state index contributed by atoms with van der Waals surface area (Å²) >= 11 is 0. The number of nitrogens with zero attached hydrogens (tertiary/aromatic N) is 2. The van der Waals surface area contributed by atoms with Crippen LogP contribution in [0.25, 0.3) is 0 Å². The Morgan fingerprint density at radius 3 is 3.00 bits per heavy atom. The Morgan fingerprint density at radius 1 is 1.62 bits per heavy atom. The van der Waals surface area contributed by atoms with Gasteiger partial charge in [0, 0.05) is 25.4 Å². The summed E-state index contributed by atoms with van der Waals surface area (Å²) in [4.78, 5) is 8.43. The third kappa shape index (κ3) is 2.75. The summed E-state index contributed by atoms with van der Waals surface area (Å²) < 4.78 is 5.11. The van der Waals surface area contributed by atoms with Crippen molar-refractivity contribution >= 4 is 0 Å². The Labute approximate surface area is 78.1 Å². The third-order valence-electron chi connectivity index (χ3n) is 1.85. The highest BCUT2D eigenvalue weighted by atomic mass is 16.5. The Morgan fingerprint density at radius 2 is 2.38 bits per heavy atom. The fraction of sp³-hybridized carbons (Fsp3) is 0.556. The first-order chi connectivity index (χ1) is 6.27. The van der Waals surface area contributed by atoms with Crippen LogP contribution in [-0.4, -0.2) is 23.6 Å². The van der Waals surface area contributed by atoms with Crippen LogP contribution < -0.4 is 5.73 Å². The molecular weight excluding hydrogens is 166 g/mol. The lowest BCUT2D eigenvalue weighted by atomic mass is 10.3. The first-order valence-corrected chi connectivity index (χ1v) is 4.32. The molecule has 4 heteroatoms. The predicted molar refractivity (Wildman–Crippen MR) is 50.2 cm³/mol. The fourth-order valence-corrected chi connectivity index (χ4v) is 1.00. The minimum Gasteiger partial charge on any atom is -0.374 e. The van der Waals surface area contributed by atoms with E-state index in [9.17, 15) is 0 Å². The Hall–Kier alpha value is -1.00. The monoisotopic (exact) mass is 181 g/mol. The molecule has 0 aliphatic heterocycles. The molecule has 0 bridgehead atoms. The SMILES string of the molecule is COC(C)c1nccc(CCN)n1. The highest BCUT2D eigenvalue weighted by Crippen LogP contribution is 2.09. The largest absolute Gasteiger partial charge is 0.374 e. The molecule has 2 N–H and O–H groups in total. The van der Waals surface area contributed by atoms with Crippen LogP contribution >= 0.6 is 0 Å². The summed E-state index contributed by atoms with van der Waals surface area (Å²) in [6.07, 6.45) is 2.46. The van der Waals surface area contributed by atoms with E-state index in [1.807, 2.05) is 13.0 Å². The number of hydrogen-bond acceptors (Lipinski definition) is 4. The van der Waals surface area contributed by atoms with Crippen LogP contribution in [-0.2, 0) is 11.2 Å². The van der Waals surface area contributed by atoms with Gasteiger partial charge in [-0.25, -0.2) is 9.97 Å². The average molecular weight is 181 g/mol. The number of ether oxygens (including phenoxy) is 1. The lowest BCUT2D eigenvalue weighted by Crippen LogP contribution is -2.08. The molecule has 1 heterocycles. The standard InChI is InChI=1S/C9H15N3O/c1-7(13-2)9-11-6-4-8(12-9)3-5-10/h4,6-7H,3,5,10H2,1-2H3. The van der Waals surface area contributed by atoms with E-state index in [1.165, 1.54) is 0 Å². The van der Waals surface area contributed by atoms with Crippen molar-refractivity contribution in [2.75, 3.05) is 13.7 Å². The van der Waals surface area contributed by atoms with Crippen LogP contribution in [0, 0.1) is 0 Å². The summed E-state index contributed by atoms with van der Waals surface area (Å²) in [6.45, 7) is 2.53. The molecule has 0 saturated heterocycles. The van der Waals surface area contributed by atoms with Crippen molar-refractivity contribution < 1.29 is 4.74 Å². The molecule has 1 aromatic rings. The lowest BCUT2D eigenvalue weighted by molar-refractivity contribution is 0.112. The molecule has 4 nitrogen and oxygen atoms in total. The highest BCUT2D eigenvalue weighted by molar-refractivity contribution is 5.04. The number of hydrogen-bond donors (Lipinski definition) is 1. The molecular formula is C9H15N3O. The molecule has 1 unspecified atom stereocenters. The topological polar surface area (TPSA) is 61.0 Å². The maximum Gasteiger partial charge on any atom is 0.156 e. The zero-order chi connectivity index (χ0) is 9.68. The van der Waals surface area contributed by atoms with Crippen LogP contribution in [0.15, 0.2) is 12.3 Å². The first kappa shape index (κ1) is 10.1. The Bertz CT molecular complexity index is 265. The molecule has 13 heavy (non-hydrogen) atoms. The van der Waals surface area contributed by atoms with E-state index in [0.29, 0.717) is 12.4 Å². The summed E-state index contributed by atoms with van der Waals surface area (Å²) in [7, 11) is 1.64. The van der Waals surface area contributed by atoms with Crippen LogP contribution in [0.3, 0.4) is 0 Å². The molecule has 1 rings (SSSR count). The van der Waals surface area contributed by atoms with Crippen molar-refractivity contribution in [2.45, 2.75) is 19.4 Å². The van der Waals surface area contributed by atoms with Crippen LogP contribution in [0.4, 0.5) is 0 Å². The molecule has 0 amide bonds. The van der Waals surface area contributed by atoms with Gasteiger partial charge in [-0.3, -0.25) is 0 Å². The zero-order valence-electron chi connectivity index (χ0n) is 8.03. The molecule has 0 radical (unpaired) electrons. The van der Waals surface area contributed by atoms with Gasteiger partial charge in [0.25, 0.3) is 0 Å². The summed E-state index contributed by atoms with van der Waals surface area (Å²) in [6, 6.07) is 1.87. The van der Waals surface area contributed by atoms with E-state index < -0.39 is 0 Å². The van der Waals surface area contributed by atoms with Crippen molar-refractivity contribution in [3.8, 4) is 0 Å². The van der Waals surface area contributed by atoms with Gasteiger partial charge in [-0.2, -0.15) is 0 Å². The second-order valence-electron chi connectivity index (χ2n) is 2.82. The molecule has 0 aliphatic carbocycles. The van der Waals surface area contributed by atoms with Crippen molar-refractivity contribution in [2.24, 2.45) is 5.73 Å². The molecule has 0 aromatic carbocycles. The fourth-order valence-electron chi connectivity index (χ4n) is 1.00. The van der Waals surface area contributed by atoms with Gasteiger partial charge < -0.3 is 10.5 Å². The summed E-state index contributed by atoms with van der Waals surface area (Å²) in [5.41, 5.74) is 6.40.